The number of aromatic nitrogens is 4. The summed E-state index contributed by atoms with van der Waals surface area (Å²) >= 11 is 0. The van der Waals surface area contributed by atoms with Crippen molar-refractivity contribution in [1.82, 2.24) is 19.6 Å². The summed E-state index contributed by atoms with van der Waals surface area (Å²) in [5, 5.41) is 8.22. The fourth-order valence-electron chi connectivity index (χ4n) is 5.91. The van der Waals surface area contributed by atoms with Crippen molar-refractivity contribution in [1.29, 1.82) is 0 Å². The third-order valence-electron chi connectivity index (χ3n) is 8.95. The number of rotatable bonds is 6. The number of nitrogens with zero attached hydrogens (tertiary/aromatic N) is 5. The molecular weight excluding hydrogens is 446 g/mol. The van der Waals surface area contributed by atoms with Gasteiger partial charge in [-0.05, 0) is 56.2 Å². The van der Waals surface area contributed by atoms with Gasteiger partial charge >= 0.3 is 0 Å². The van der Waals surface area contributed by atoms with Crippen LogP contribution in [0.25, 0.3) is 16.8 Å². The van der Waals surface area contributed by atoms with Gasteiger partial charge in [-0.1, -0.05) is 27.2 Å². The molecule has 0 saturated heterocycles. The van der Waals surface area contributed by atoms with Crippen LogP contribution in [0.3, 0.4) is 0 Å². The molecule has 0 spiro atoms. The van der Waals surface area contributed by atoms with Crippen LogP contribution in [0.1, 0.15) is 71.9 Å². The van der Waals surface area contributed by atoms with Crippen molar-refractivity contribution in [2.75, 3.05) is 17.3 Å². The Balaban J connectivity index is 1.41. The van der Waals surface area contributed by atoms with Gasteiger partial charge in [-0.3, -0.25) is 0 Å². The first-order valence-electron chi connectivity index (χ1n) is 12.8. The van der Waals surface area contributed by atoms with Crippen LogP contribution in [-0.2, 0) is 5.41 Å². The lowest BCUT2D eigenvalue weighted by atomic mass is 9.72. The van der Waals surface area contributed by atoms with Gasteiger partial charge in [-0.25, -0.2) is 23.3 Å². The van der Waals surface area contributed by atoms with Gasteiger partial charge in [0.2, 0.25) is 12.4 Å². The average molecular weight is 483 g/mol. The highest BCUT2D eigenvalue weighted by atomic mass is 19.3. The van der Waals surface area contributed by atoms with E-state index in [1.807, 2.05) is 56.0 Å². The van der Waals surface area contributed by atoms with Crippen LogP contribution in [0.15, 0.2) is 30.6 Å². The van der Waals surface area contributed by atoms with E-state index >= 15 is 0 Å². The number of pyridine rings is 1. The van der Waals surface area contributed by atoms with Crippen LogP contribution >= 0.6 is 0 Å². The molecule has 6 nitrogen and oxygen atoms in total. The summed E-state index contributed by atoms with van der Waals surface area (Å²) < 4.78 is 28.8. The summed E-state index contributed by atoms with van der Waals surface area (Å²) in [6, 6.07) is 6.27. The lowest BCUT2D eigenvalue weighted by Crippen LogP contribution is -2.40. The van der Waals surface area contributed by atoms with Crippen molar-refractivity contribution in [3.05, 3.63) is 36.3 Å². The van der Waals surface area contributed by atoms with Crippen LogP contribution < -0.4 is 10.2 Å². The molecule has 188 valence electrons. The van der Waals surface area contributed by atoms with E-state index in [9.17, 15) is 8.78 Å². The first-order chi connectivity index (χ1) is 16.6. The molecule has 35 heavy (non-hydrogen) atoms. The number of hydrogen-bond acceptors (Lipinski definition) is 5. The predicted octanol–water partition coefficient (Wildman–Crippen LogP) is 6.31. The molecule has 0 amide bonds. The van der Waals surface area contributed by atoms with Crippen LogP contribution in [0, 0.1) is 5.41 Å². The van der Waals surface area contributed by atoms with Crippen molar-refractivity contribution in [2.45, 2.75) is 90.1 Å². The zero-order valence-electron chi connectivity index (χ0n) is 21.4. The highest BCUT2D eigenvalue weighted by molar-refractivity contribution is 5.79. The van der Waals surface area contributed by atoms with Gasteiger partial charge in [0.1, 0.15) is 0 Å². The van der Waals surface area contributed by atoms with Crippen molar-refractivity contribution >= 4 is 17.2 Å². The molecule has 4 heterocycles. The maximum absolute atomic E-state index is 13.5. The lowest BCUT2D eigenvalue weighted by Gasteiger charge is -2.36. The van der Waals surface area contributed by atoms with Gasteiger partial charge in [0, 0.05) is 42.7 Å². The van der Waals surface area contributed by atoms with Crippen molar-refractivity contribution < 1.29 is 8.78 Å². The van der Waals surface area contributed by atoms with Crippen molar-refractivity contribution in [3.8, 4) is 11.3 Å². The smallest absolute Gasteiger partial charge is 0.241 e. The maximum Gasteiger partial charge on any atom is 0.241 e. The first kappa shape index (κ1) is 23.9. The van der Waals surface area contributed by atoms with Crippen LogP contribution in [0.4, 0.5) is 20.4 Å². The highest BCUT2D eigenvalue weighted by Gasteiger charge is 2.47. The van der Waals surface area contributed by atoms with E-state index in [2.05, 4.69) is 29.0 Å². The number of alkyl halides is 2. The number of anilines is 2. The third kappa shape index (κ3) is 4.15. The molecule has 8 heteroatoms. The number of nitrogens with one attached hydrogen (secondary N) is 1. The molecule has 1 aliphatic carbocycles. The second kappa shape index (κ2) is 8.71. The van der Waals surface area contributed by atoms with Gasteiger partial charge in [0.05, 0.1) is 28.8 Å². The Kier molecular flexibility index (Phi) is 5.96. The second-order valence-corrected chi connectivity index (χ2v) is 11.1. The molecule has 0 aromatic carbocycles. The Morgan fingerprint density at radius 1 is 1.17 bits per heavy atom. The predicted molar refractivity (Wildman–Crippen MR) is 136 cm³/mol. The molecule has 2 aliphatic rings. The Labute approximate surface area is 206 Å². The largest absolute Gasteiger partial charge is 0.369 e. The van der Waals surface area contributed by atoms with Crippen LogP contribution in [0.2, 0.25) is 0 Å². The van der Waals surface area contributed by atoms with E-state index in [1.54, 1.807) is 0 Å². The first-order valence-corrected chi connectivity index (χ1v) is 12.8. The average Bonchev–Trinajstić information content (AvgIpc) is 3.33. The molecule has 1 aliphatic heterocycles. The number of fused-ring (bicyclic) bond motifs is 2. The Morgan fingerprint density at radius 3 is 2.60 bits per heavy atom. The van der Waals surface area contributed by atoms with E-state index in [0.29, 0.717) is 17.4 Å². The van der Waals surface area contributed by atoms with Gasteiger partial charge in [0.25, 0.3) is 0 Å². The maximum atomic E-state index is 13.5. The zero-order chi connectivity index (χ0) is 25.0. The van der Waals surface area contributed by atoms with Gasteiger partial charge in [0.15, 0.2) is 0 Å². The fourth-order valence-corrected chi connectivity index (χ4v) is 5.91. The molecule has 3 aromatic rings. The van der Waals surface area contributed by atoms with E-state index in [4.69, 9.17) is 10.1 Å². The topological polar surface area (TPSA) is 58.4 Å². The summed E-state index contributed by atoms with van der Waals surface area (Å²) in [5.74, 6) is 0.631. The minimum Gasteiger partial charge on any atom is -0.369 e. The SMILES string of the molecule is CCC1(C)CCC(Nc2ncc3c(-c4ccc5c(n4)[C@@](C)(CC(F)F)[C@H](C)N5C)ccn3n2)CC1. The van der Waals surface area contributed by atoms with Crippen molar-refractivity contribution in [2.24, 2.45) is 5.41 Å². The molecular formula is C27H36F2N6. The molecule has 0 bridgehead atoms. The van der Waals surface area contributed by atoms with Crippen LogP contribution in [-0.4, -0.2) is 45.1 Å². The summed E-state index contributed by atoms with van der Waals surface area (Å²) in [4.78, 5) is 11.6. The number of likely N-dealkylation sites (N-methyl/N-ethyl adjacent to an activating group) is 1. The Morgan fingerprint density at radius 2 is 1.91 bits per heavy atom. The Bertz CT molecular complexity index is 1220. The molecule has 0 unspecified atom stereocenters. The van der Waals surface area contributed by atoms with Gasteiger partial charge < -0.3 is 10.2 Å². The normalized spacial score (nSPS) is 28.6. The standard InChI is InChI=1S/C27H36F2N6/c1-6-26(3)12-9-18(10-13-26)31-25-30-16-22-19(11-14-35(22)33-25)20-7-8-21-24(32-20)27(4,15-23(28)29)17(2)34(21)5/h7-8,11,14,16-18,23H,6,9-10,12-13,15H2,1-5H3,(H,31,33)/t17-,18?,26?,27-/m0/s1. The minimum absolute atomic E-state index is 0.0630. The zero-order valence-corrected chi connectivity index (χ0v) is 21.4. The van der Waals surface area contributed by atoms with Gasteiger partial charge in [-0.15, -0.1) is 5.10 Å². The van der Waals surface area contributed by atoms with Crippen molar-refractivity contribution in [3.63, 3.8) is 0 Å². The molecule has 1 N–H and O–H groups in total. The summed E-state index contributed by atoms with van der Waals surface area (Å²) in [6.45, 7) is 8.56. The Hall–Kier alpha value is -2.77. The summed E-state index contributed by atoms with van der Waals surface area (Å²) in [7, 11) is 1.95. The molecule has 3 aromatic heterocycles. The molecule has 1 saturated carbocycles. The fraction of sp³-hybridized carbons (Fsp3) is 0.593. The van der Waals surface area contributed by atoms with E-state index in [1.165, 1.54) is 19.3 Å². The minimum atomic E-state index is -2.39. The van der Waals surface area contributed by atoms with E-state index in [0.717, 1.165) is 41.0 Å². The monoisotopic (exact) mass is 482 g/mol. The molecule has 2 atom stereocenters. The number of halogens is 2. The van der Waals surface area contributed by atoms with E-state index < -0.39 is 11.8 Å². The van der Waals surface area contributed by atoms with Gasteiger partial charge in [-0.2, -0.15) is 0 Å². The summed E-state index contributed by atoms with van der Waals surface area (Å²) in [6.07, 6.45) is 7.06. The quantitative estimate of drug-likeness (QED) is 0.446. The highest BCUT2D eigenvalue weighted by Crippen LogP contribution is 2.47. The molecule has 1 fully saturated rings. The summed E-state index contributed by atoms with van der Waals surface area (Å²) in [5.41, 5.74) is 3.90. The van der Waals surface area contributed by atoms with E-state index in [-0.39, 0.29) is 12.5 Å². The second-order valence-electron chi connectivity index (χ2n) is 11.1. The molecule has 0 radical (unpaired) electrons. The molecule has 5 rings (SSSR count). The number of hydrogen-bond donors (Lipinski definition) is 1. The lowest BCUT2D eigenvalue weighted by molar-refractivity contribution is 0.102. The van der Waals surface area contributed by atoms with Crippen LogP contribution in [0.5, 0.6) is 0 Å². The third-order valence-corrected chi connectivity index (χ3v) is 8.95.